The first-order valence-electron chi connectivity index (χ1n) is 10.6. The number of H-pyrrole nitrogens is 2. The maximum atomic E-state index is 4.92. The lowest BCUT2D eigenvalue weighted by molar-refractivity contribution is 0.578. The third-order valence-electron chi connectivity index (χ3n) is 6.05. The normalized spacial score (nSPS) is 14.5. The van der Waals surface area contributed by atoms with Crippen LogP contribution in [0.1, 0.15) is 24.8 Å². The quantitative estimate of drug-likeness (QED) is 0.461. The molecule has 1 aliphatic rings. The van der Waals surface area contributed by atoms with Crippen molar-refractivity contribution in [1.29, 1.82) is 0 Å². The molecule has 6 heterocycles. The highest BCUT2D eigenvalue weighted by atomic mass is 15.2. The molecule has 0 aromatic carbocycles. The molecule has 1 fully saturated rings. The van der Waals surface area contributed by atoms with Crippen molar-refractivity contribution in [2.24, 2.45) is 0 Å². The second-order valence-electron chi connectivity index (χ2n) is 8.04. The minimum Gasteiger partial charge on any atom is -0.370 e. The fourth-order valence-electron chi connectivity index (χ4n) is 4.40. The summed E-state index contributed by atoms with van der Waals surface area (Å²) >= 11 is 0. The summed E-state index contributed by atoms with van der Waals surface area (Å²) < 4.78 is 0. The Balaban J connectivity index is 1.47. The fourth-order valence-corrected chi connectivity index (χ4v) is 4.40. The summed E-state index contributed by atoms with van der Waals surface area (Å²) in [4.78, 5) is 24.1. The Morgan fingerprint density at radius 3 is 2.74 bits per heavy atom. The van der Waals surface area contributed by atoms with Crippen LogP contribution >= 0.6 is 0 Å². The number of aryl methyl sites for hydroxylation is 1. The summed E-state index contributed by atoms with van der Waals surface area (Å²) in [6.45, 7) is 4.19. The Labute approximate surface area is 178 Å². The van der Waals surface area contributed by atoms with Crippen LogP contribution in [0.3, 0.4) is 0 Å². The molecule has 0 unspecified atom stereocenters. The first-order chi connectivity index (χ1) is 15.3. The highest BCUT2D eigenvalue weighted by Gasteiger charge is 2.19. The second kappa shape index (κ2) is 7.16. The van der Waals surface area contributed by atoms with Crippen LogP contribution in [0, 0.1) is 6.92 Å². The zero-order valence-electron chi connectivity index (χ0n) is 17.3. The van der Waals surface area contributed by atoms with Crippen molar-refractivity contribution < 1.29 is 0 Å². The van der Waals surface area contributed by atoms with E-state index in [0.29, 0.717) is 5.82 Å². The Bertz CT molecular complexity index is 1390. The van der Waals surface area contributed by atoms with E-state index in [4.69, 9.17) is 4.98 Å². The zero-order chi connectivity index (χ0) is 20.8. The van der Waals surface area contributed by atoms with Crippen molar-refractivity contribution in [3.63, 3.8) is 0 Å². The lowest BCUT2D eigenvalue weighted by Crippen LogP contribution is -2.29. The van der Waals surface area contributed by atoms with Gasteiger partial charge in [0.15, 0.2) is 17.1 Å². The smallest absolute Gasteiger partial charge is 0.161 e. The minimum absolute atomic E-state index is 0.695. The molecule has 5 aromatic heterocycles. The predicted molar refractivity (Wildman–Crippen MR) is 121 cm³/mol. The molecule has 0 saturated carbocycles. The summed E-state index contributed by atoms with van der Waals surface area (Å²) in [6.07, 6.45) is 11.1. The first-order valence-corrected chi connectivity index (χ1v) is 10.6. The molecule has 5 aromatic rings. The number of aromatic nitrogens is 7. The Hall–Kier alpha value is -3.81. The van der Waals surface area contributed by atoms with Crippen molar-refractivity contribution in [2.75, 3.05) is 18.0 Å². The van der Waals surface area contributed by atoms with E-state index in [-0.39, 0.29) is 0 Å². The predicted octanol–water partition coefficient (Wildman–Crippen LogP) is 4.26. The number of anilines is 1. The summed E-state index contributed by atoms with van der Waals surface area (Å²) in [7, 11) is 0. The van der Waals surface area contributed by atoms with Crippen molar-refractivity contribution >= 4 is 27.9 Å². The van der Waals surface area contributed by atoms with Gasteiger partial charge in [-0.3, -0.25) is 10.1 Å². The average molecular weight is 410 g/mol. The number of pyridine rings is 3. The maximum absolute atomic E-state index is 4.92. The van der Waals surface area contributed by atoms with Gasteiger partial charge < -0.3 is 9.88 Å². The Morgan fingerprint density at radius 2 is 1.87 bits per heavy atom. The molecule has 31 heavy (non-hydrogen) atoms. The van der Waals surface area contributed by atoms with E-state index in [1.54, 1.807) is 6.20 Å². The lowest BCUT2D eigenvalue weighted by Gasteiger charge is -2.28. The van der Waals surface area contributed by atoms with Crippen molar-refractivity contribution in [3.8, 4) is 22.6 Å². The number of rotatable bonds is 3. The van der Waals surface area contributed by atoms with E-state index in [0.717, 1.165) is 63.4 Å². The molecule has 0 aliphatic carbocycles. The summed E-state index contributed by atoms with van der Waals surface area (Å²) in [5, 5.41) is 8.47. The number of hydrogen-bond donors (Lipinski definition) is 2. The summed E-state index contributed by atoms with van der Waals surface area (Å²) in [5.74, 6) is 0.695. The number of imidazole rings is 1. The highest BCUT2D eigenvalue weighted by molar-refractivity contribution is 5.95. The first kappa shape index (κ1) is 18.0. The van der Waals surface area contributed by atoms with Gasteiger partial charge in [-0.2, -0.15) is 5.10 Å². The third-order valence-corrected chi connectivity index (χ3v) is 6.05. The van der Waals surface area contributed by atoms with Crippen LogP contribution in [0.2, 0.25) is 0 Å². The molecule has 1 saturated heterocycles. The molecule has 0 spiro atoms. The number of piperidine rings is 1. The molecule has 0 atom stereocenters. The van der Waals surface area contributed by atoms with Crippen LogP contribution in [0.5, 0.6) is 0 Å². The number of fused-ring (bicyclic) bond motifs is 2. The van der Waals surface area contributed by atoms with E-state index in [2.05, 4.69) is 54.1 Å². The van der Waals surface area contributed by atoms with E-state index in [9.17, 15) is 0 Å². The molecule has 6 rings (SSSR count). The molecule has 8 nitrogen and oxygen atoms in total. The van der Waals surface area contributed by atoms with Gasteiger partial charge in [0, 0.05) is 49.0 Å². The molecule has 2 N–H and O–H groups in total. The molecular formula is C23H22N8. The van der Waals surface area contributed by atoms with Gasteiger partial charge in [0.05, 0.1) is 11.1 Å². The van der Waals surface area contributed by atoms with Crippen LogP contribution < -0.4 is 4.90 Å². The van der Waals surface area contributed by atoms with E-state index < -0.39 is 0 Å². The highest BCUT2D eigenvalue weighted by Crippen LogP contribution is 2.32. The van der Waals surface area contributed by atoms with Gasteiger partial charge in [0.1, 0.15) is 11.2 Å². The minimum atomic E-state index is 0.695. The van der Waals surface area contributed by atoms with Gasteiger partial charge in [-0.25, -0.2) is 15.0 Å². The largest absolute Gasteiger partial charge is 0.370 e. The summed E-state index contributed by atoms with van der Waals surface area (Å²) in [5.41, 5.74) is 7.49. The lowest BCUT2D eigenvalue weighted by atomic mass is 10.0. The topological polar surface area (TPSA) is 99.3 Å². The van der Waals surface area contributed by atoms with Gasteiger partial charge in [0.25, 0.3) is 0 Å². The van der Waals surface area contributed by atoms with Crippen molar-refractivity contribution in [1.82, 2.24) is 35.1 Å². The van der Waals surface area contributed by atoms with Crippen LogP contribution in [0.4, 0.5) is 5.69 Å². The Kier molecular flexibility index (Phi) is 4.15. The molecule has 0 bridgehead atoms. The number of nitrogens with one attached hydrogen (secondary N) is 2. The number of aromatic amines is 2. The Morgan fingerprint density at radius 1 is 0.968 bits per heavy atom. The van der Waals surface area contributed by atoms with E-state index >= 15 is 0 Å². The van der Waals surface area contributed by atoms with Crippen LogP contribution in [-0.4, -0.2) is 48.2 Å². The van der Waals surface area contributed by atoms with E-state index in [1.165, 1.54) is 19.3 Å². The molecular weight excluding hydrogens is 388 g/mol. The second-order valence-corrected chi connectivity index (χ2v) is 8.04. The van der Waals surface area contributed by atoms with Gasteiger partial charge in [0.2, 0.25) is 0 Å². The molecule has 154 valence electrons. The standard InChI is InChI=1S/C23H22N8/c1-14-5-7-24-13-17(14)15-11-16-19(29-30-21(16)26-12-15)23-27-20-18(6-8-25-22(20)28-23)31-9-3-2-4-10-31/h5-8,11-13H,2-4,9-10H2,1H3,(H,25,27,28)(H,26,29,30). The van der Waals surface area contributed by atoms with Crippen LogP contribution in [-0.2, 0) is 0 Å². The number of hydrogen-bond acceptors (Lipinski definition) is 6. The van der Waals surface area contributed by atoms with Crippen molar-refractivity contribution in [2.45, 2.75) is 26.2 Å². The number of nitrogens with zero attached hydrogens (tertiary/aromatic N) is 6. The molecule has 0 radical (unpaired) electrons. The van der Waals surface area contributed by atoms with Gasteiger partial charge in [-0.1, -0.05) is 0 Å². The third kappa shape index (κ3) is 3.02. The monoisotopic (exact) mass is 410 g/mol. The van der Waals surface area contributed by atoms with Crippen LogP contribution in [0.15, 0.2) is 43.0 Å². The zero-order valence-corrected chi connectivity index (χ0v) is 17.3. The maximum Gasteiger partial charge on any atom is 0.161 e. The molecule has 1 aliphatic heterocycles. The van der Waals surface area contributed by atoms with E-state index in [1.807, 2.05) is 24.7 Å². The summed E-state index contributed by atoms with van der Waals surface area (Å²) in [6, 6.07) is 6.16. The fraction of sp³-hybridized carbons (Fsp3) is 0.261. The SMILES string of the molecule is Cc1ccncc1-c1cnc2[nH]nc(-c3nc4c(N5CCCCC5)ccnc4[nH]3)c2c1. The molecule has 0 amide bonds. The van der Waals surface area contributed by atoms with Gasteiger partial charge >= 0.3 is 0 Å². The van der Waals surface area contributed by atoms with Gasteiger partial charge in [-0.05, 0) is 49.9 Å². The van der Waals surface area contributed by atoms with Crippen molar-refractivity contribution in [3.05, 3.63) is 48.5 Å². The molecule has 8 heteroatoms. The average Bonchev–Trinajstić information content (AvgIpc) is 3.43. The van der Waals surface area contributed by atoms with Crippen LogP contribution in [0.25, 0.3) is 44.8 Å². The van der Waals surface area contributed by atoms with Gasteiger partial charge in [-0.15, -0.1) is 0 Å².